The smallest absolute Gasteiger partial charge is 0.326 e. The van der Waals surface area contributed by atoms with E-state index in [0.29, 0.717) is 36.9 Å². The van der Waals surface area contributed by atoms with Crippen LogP contribution in [0.3, 0.4) is 0 Å². The molecule has 0 aromatic heterocycles. The number of aromatic hydroxyl groups is 1. The number of carboxylic acids is 1. The summed E-state index contributed by atoms with van der Waals surface area (Å²) in [5.74, 6) is -9.65. The molecule has 2 aliphatic heterocycles. The normalized spacial score (nSPS) is 19.0. The van der Waals surface area contributed by atoms with Crippen molar-refractivity contribution in [3.05, 3.63) is 65.7 Å². The first-order chi connectivity index (χ1) is 34.5. The molecule has 0 bridgehead atoms. The highest BCUT2D eigenvalue weighted by atomic mass is 16.4. The molecule has 23 heteroatoms. The lowest BCUT2D eigenvalue weighted by molar-refractivity contribution is -0.145. The molecule has 0 spiro atoms. The lowest BCUT2D eigenvalue weighted by atomic mass is 9.99. The van der Waals surface area contributed by atoms with Gasteiger partial charge < -0.3 is 68.5 Å². The number of likely N-dealkylation sites (tertiary alicyclic amines) is 1. The van der Waals surface area contributed by atoms with Crippen molar-refractivity contribution >= 4 is 59.1 Å². The first kappa shape index (κ1) is 58.4. The minimum absolute atomic E-state index is 0.000142. The number of aliphatic hydroxyl groups is 1. The minimum atomic E-state index is -1.72. The van der Waals surface area contributed by atoms with E-state index in [1.807, 2.05) is 0 Å². The van der Waals surface area contributed by atoms with Gasteiger partial charge in [0.1, 0.15) is 54.1 Å². The summed E-state index contributed by atoms with van der Waals surface area (Å²) in [5, 5.41) is 51.4. The van der Waals surface area contributed by atoms with E-state index in [1.165, 1.54) is 26.0 Å². The van der Waals surface area contributed by atoms with Crippen molar-refractivity contribution in [1.29, 1.82) is 0 Å². The second kappa shape index (κ2) is 27.6. The Labute approximate surface area is 424 Å². The number of carbonyl (C=O) groups excluding carboxylic acids is 9. The van der Waals surface area contributed by atoms with Crippen LogP contribution in [0.25, 0.3) is 0 Å². The van der Waals surface area contributed by atoms with Gasteiger partial charge in [0.15, 0.2) is 0 Å². The summed E-state index contributed by atoms with van der Waals surface area (Å²) >= 11 is 0. The molecular weight excluding hydrogens is 949 g/mol. The van der Waals surface area contributed by atoms with Crippen LogP contribution >= 0.6 is 0 Å². The van der Waals surface area contributed by atoms with Crippen molar-refractivity contribution in [2.24, 2.45) is 17.6 Å². The number of primary amides is 1. The molecule has 2 saturated heterocycles. The van der Waals surface area contributed by atoms with E-state index in [9.17, 15) is 63.3 Å². The van der Waals surface area contributed by atoms with Crippen molar-refractivity contribution in [1.82, 2.24) is 47.4 Å². The van der Waals surface area contributed by atoms with Gasteiger partial charge in [-0.05, 0) is 81.2 Å². The third-order valence-electron chi connectivity index (χ3n) is 13.0. The van der Waals surface area contributed by atoms with Crippen molar-refractivity contribution in [3.63, 3.8) is 0 Å². The van der Waals surface area contributed by atoms with E-state index in [4.69, 9.17) is 5.73 Å². The predicted molar refractivity (Wildman–Crippen MR) is 264 cm³/mol. The maximum Gasteiger partial charge on any atom is 0.326 e. The molecule has 2 heterocycles. The first-order valence-electron chi connectivity index (χ1n) is 24.7. The van der Waals surface area contributed by atoms with Crippen LogP contribution in [0.2, 0.25) is 0 Å². The standard InChI is InChI=1S/C50H72N10O13/c1-7-27(4)40(50(72)73)58-42(64)28(5)53-44(66)34(23-30-13-9-8-10-14-30)56-48(70)39(26(2)3)57-47(69)37-16-12-22-60(37)49(71)41(29(6)61)59-46(68)36(25-38(51)63)55-45(67)35(24-31-17-19-32(62)20-18-31)54-43(65)33-15-11-21-52-33/h8-10,13-14,17-20,26-29,33-37,39-41,52,61-62H,7,11-12,15-16,21-25H2,1-6H3,(H2,51,63)(H,53,66)(H,54,65)(H,55,67)(H,56,70)(H,57,69)(H,58,64)(H,59,68)(H,72,73)/t27-,28-,29+,33-,34-,35-,36-,37-,39-,40-,41-/m0/s1. The van der Waals surface area contributed by atoms with Gasteiger partial charge in [-0.3, -0.25) is 43.2 Å². The fourth-order valence-corrected chi connectivity index (χ4v) is 8.51. The van der Waals surface area contributed by atoms with Crippen molar-refractivity contribution in [3.8, 4) is 5.75 Å². The van der Waals surface area contributed by atoms with E-state index < -0.39 is 138 Å². The van der Waals surface area contributed by atoms with Gasteiger partial charge in [0, 0.05) is 19.4 Å². The molecule has 11 atom stereocenters. The monoisotopic (exact) mass is 1020 g/mol. The van der Waals surface area contributed by atoms with Crippen LogP contribution in [0.1, 0.15) is 91.2 Å². The second-order valence-electron chi connectivity index (χ2n) is 19.2. The molecule has 2 fully saturated rings. The topological polar surface area (TPSA) is 357 Å². The minimum Gasteiger partial charge on any atom is -0.508 e. The molecule has 0 saturated carbocycles. The van der Waals surface area contributed by atoms with E-state index in [1.54, 1.807) is 70.2 Å². The van der Waals surface area contributed by atoms with Gasteiger partial charge in [0.2, 0.25) is 53.2 Å². The average molecular weight is 1020 g/mol. The Balaban J connectivity index is 1.49. The lowest BCUT2D eigenvalue weighted by Crippen LogP contribution is -2.62. The van der Waals surface area contributed by atoms with Crippen LogP contribution in [0.5, 0.6) is 5.75 Å². The van der Waals surface area contributed by atoms with Crippen LogP contribution in [0.4, 0.5) is 0 Å². The summed E-state index contributed by atoms with van der Waals surface area (Å²) in [7, 11) is 0. The molecule has 23 nitrogen and oxygen atoms in total. The Morgan fingerprint density at radius 3 is 1.79 bits per heavy atom. The maximum atomic E-state index is 14.3. The Morgan fingerprint density at radius 1 is 0.658 bits per heavy atom. The Morgan fingerprint density at radius 2 is 1.23 bits per heavy atom. The zero-order chi connectivity index (χ0) is 54.1. The maximum absolute atomic E-state index is 14.3. The summed E-state index contributed by atoms with van der Waals surface area (Å²) in [6, 6.07) is 3.10. The Kier molecular flexibility index (Phi) is 22.1. The first-order valence-corrected chi connectivity index (χ1v) is 24.7. The van der Waals surface area contributed by atoms with Crippen LogP contribution in [-0.4, -0.2) is 153 Å². The number of hydrogen-bond donors (Lipinski definition) is 12. The quantitative estimate of drug-likeness (QED) is 0.0504. The molecule has 400 valence electrons. The molecule has 2 aromatic carbocycles. The van der Waals surface area contributed by atoms with Crippen LogP contribution in [0, 0.1) is 11.8 Å². The second-order valence-corrected chi connectivity index (χ2v) is 19.2. The largest absolute Gasteiger partial charge is 0.508 e. The van der Waals surface area contributed by atoms with Gasteiger partial charge in [-0.25, -0.2) is 4.79 Å². The number of carboxylic acid groups (broad SMARTS) is 1. The number of rotatable bonds is 26. The zero-order valence-electron chi connectivity index (χ0n) is 42.1. The number of nitrogens with one attached hydrogen (secondary N) is 8. The number of amides is 9. The number of nitrogens with two attached hydrogens (primary N) is 1. The number of aliphatic carboxylic acids is 1. The number of phenols is 1. The fourth-order valence-electron chi connectivity index (χ4n) is 8.51. The van der Waals surface area contributed by atoms with Gasteiger partial charge >= 0.3 is 5.97 Å². The molecule has 9 amide bonds. The number of benzene rings is 2. The molecule has 13 N–H and O–H groups in total. The van der Waals surface area contributed by atoms with Crippen LogP contribution in [-0.2, 0) is 60.8 Å². The number of phenolic OH excluding ortho intramolecular Hbond substituents is 1. The zero-order valence-corrected chi connectivity index (χ0v) is 42.1. The summed E-state index contributed by atoms with van der Waals surface area (Å²) in [5.41, 5.74) is 6.67. The van der Waals surface area contributed by atoms with Gasteiger partial charge in [0.25, 0.3) is 0 Å². The molecule has 2 aromatic rings. The highest BCUT2D eigenvalue weighted by Crippen LogP contribution is 2.21. The van der Waals surface area contributed by atoms with Gasteiger partial charge in [-0.2, -0.15) is 0 Å². The summed E-state index contributed by atoms with van der Waals surface area (Å²) in [4.78, 5) is 136. The average Bonchev–Trinajstić information content (AvgIpc) is 4.08. The third-order valence-corrected chi connectivity index (χ3v) is 13.0. The van der Waals surface area contributed by atoms with Gasteiger partial charge in [0.05, 0.1) is 18.6 Å². The number of nitrogens with zero attached hydrogens (tertiary/aromatic N) is 1. The summed E-state index contributed by atoms with van der Waals surface area (Å²) in [6.45, 7) is 9.91. The van der Waals surface area contributed by atoms with Gasteiger partial charge in [-0.15, -0.1) is 0 Å². The van der Waals surface area contributed by atoms with E-state index in [-0.39, 0.29) is 31.6 Å². The van der Waals surface area contributed by atoms with E-state index in [0.717, 1.165) is 11.3 Å². The number of aliphatic hydroxyl groups excluding tert-OH is 1. The molecule has 4 rings (SSSR count). The fraction of sp³-hybridized carbons (Fsp3) is 0.560. The number of carbonyl (C=O) groups is 10. The summed E-state index contributed by atoms with van der Waals surface area (Å²) < 4.78 is 0. The molecule has 73 heavy (non-hydrogen) atoms. The Hall–Kier alpha value is -7.14. The third kappa shape index (κ3) is 17.3. The van der Waals surface area contributed by atoms with Crippen LogP contribution < -0.4 is 48.3 Å². The highest BCUT2D eigenvalue weighted by Gasteiger charge is 2.42. The molecular formula is C50H72N10O13. The summed E-state index contributed by atoms with van der Waals surface area (Å²) in [6.07, 6.45) is -0.302. The highest BCUT2D eigenvalue weighted by molar-refractivity contribution is 5.99. The predicted octanol–water partition coefficient (Wildman–Crippen LogP) is -1.62. The SMILES string of the molecule is CC[C@H](C)[C@H](NC(=O)[C@H](C)NC(=O)[C@H](Cc1ccccc1)NC(=O)[C@@H](NC(=O)[C@@H]1CCCN1C(=O)[C@@H](NC(=O)[C@H](CC(N)=O)NC(=O)[C@H](Cc1ccc(O)cc1)NC(=O)[C@@H]1CCCN1)[C@@H](C)O)C(C)C)C(=O)O. The molecule has 0 unspecified atom stereocenters. The van der Waals surface area contributed by atoms with Crippen molar-refractivity contribution < 1.29 is 63.3 Å². The lowest BCUT2D eigenvalue weighted by Gasteiger charge is -2.32. The number of hydrogen-bond acceptors (Lipinski definition) is 13. The van der Waals surface area contributed by atoms with Crippen molar-refractivity contribution in [2.45, 2.75) is 153 Å². The van der Waals surface area contributed by atoms with E-state index in [2.05, 4.69) is 42.5 Å². The molecule has 0 aliphatic carbocycles. The molecule has 0 radical (unpaired) electrons. The van der Waals surface area contributed by atoms with Crippen molar-refractivity contribution in [2.75, 3.05) is 13.1 Å². The van der Waals surface area contributed by atoms with E-state index >= 15 is 0 Å². The Bertz CT molecular complexity index is 2280. The molecule has 2 aliphatic rings. The van der Waals surface area contributed by atoms with Gasteiger partial charge in [-0.1, -0.05) is 76.6 Å². The van der Waals surface area contributed by atoms with Crippen LogP contribution in [0.15, 0.2) is 54.6 Å².